The zero-order valence-electron chi connectivity index (χ0n) is 11.9. The molecule has 0 radical (unpaired) electrons. The Morgan fingerprint density at radius 3 is 2.50 bits per heavy atom. The maximum Gasteiger partial charge on any atom is 0.419 e. The van der Waals surface area contributed by atoms with Crippen LogP contribution in [0.4, 0.5) is 17.6 Å². The molecule has 20 heavy (non-hydrogen) atoms. The second-order valence-corrected chi connectivity index (χ2v) is 4.91. The largest absolute Gasteiger partial charge is 0.419 e. The van der Waals surface area contributed by atoms with Crippen molar-refractivity contribution in [1.29, 1.82) is 0 Å². The molecule has 0 aliphatic rings. The Bertz CT molecular complexity index is 432. The summed E-state index contributed by atoms with van der Waals surface area (Å²) in [4.78, 5) is 2.07. The Balaban J connectivity index is 2.70. The molecule has 0 amide bonds. The number of nitrogens with one attached hydrogen (secondary N) is 1. The first kappa shape index (κ1) is 16.9. The highest BCUT2D eigenvalue weighted by molar-refractivity contribution is 5.28. The summed E-state index contributed by atoms with van der Waals surface area (Å²) in [6.45, 7) is 5.63. The van der Waals surface area contributed by atoms with E-state index in [1.54, 1.807) is 0 Å². The molecule has 1 aromatic rings. The van der Waals surface area contributed by atoms with Crippen LogP contribution in [-0.4, -0.2) is 31.1 Å². The van der Waals surface area contributed by atoms with E-state index in [0.29, 0.717) is 0 Å². The van der Waals surface area contributed by atoms with Gasteiger partial charge in [0.25, 0.3) is 0 Å². The quantitative estimate of drug-likeness (QED) is 0.810. The van der Waals surface area contributed by atoms with E-state index in [1.165, 1.54) is 12.1 Å². The average molecular weight is 292 g/mol. The molecule has 6 heteroatoms. The first-order chi connectivity index (χ1) is 9.25. The minimum absolute atomic E-state index is 0.0332. The maximum atomic E-state index is 13.8. The third-order valence-corrected chi connectivity index (χ3v) is 3.15. The molecular weight excluding hydrogens is 272 g/mol. The van der Waals surface area contributed by atoms with Crippen LogP contribution in [0.3, 0.4) is 0 Å². The predicted molar refractivity (Wildman–Crippen MR) is 70.9 cm³/mol. The van der Waals surface area contributed by atoms with Gasteiger partial charge < -0.3 is 10.2 Å². The van der Waals surface area contributed by atoms with Crippen molar-refractivity contribution in [3.8, 4) is 0 Å². The van der Waals surface area contributed by atoms with Gasteiger partial charge in [0.05, 0.1) is 5.56 Å². The minimum Gasteiger partial charge on any atom is -0.309 e. The van der Waals surface area contributed by atoms with Gasteiger partial charge in [0.2, 0.25) is 0 Å². The summed E-state index contributed by atoms with van der Waals surface area (Å²) >= 11 is 0. The van der Waals surface area contributed by atoms with Crippen molar-refractivity contribution in [2.24, 2.45) is 0 Å². The smallest absolute Gasteiger partial charge is 0.309 e. The van der Waals surface area contributed by atoms with Crippen molar-refractivity contribution < 1.29 is 17.6 Å². The van der Waals surface area contributed by atoms with Crippen LogP contribution in [0, 0.1) is 5.82 Å². The Morgan fingerprint density at radius 1 is 1.30 bits per heavy atom. The van der Waals surface area contributed by atoms with Gasteiger partial charge in [-0.1, -0.05) is 19.1 Å². The zero-order chi connectivity index (χ0) is 15.3. The second kappa shape index (κ2) is 7.04. The summed E-state index contributed by atoms with van der Waals surface area (Å²) in [5, 5.41) is 3.03. The molecule has 0 saturated heterocycles. The van der Waals surface area contributed by atoms with Crippen LogP contribution in [0.1, 0.15) is 25.0 Å². The summed E-state index contributed by atoms with van der Waals surface area (Å²) in [6.07, 6.45) is -4.66. The predicted octanol–water partition coefficient (Wildman–Crippen LogP) is 3.27. The lowest BCUT2D eigenvalue weighted by atomic mass is 10.1. The SMILES string of the molecule is CCN(C)CC(C)NCc1cccc(C(F)(F)F)c1F. The second-order valence-electron chi connectivity index (χ2n) is 4.91. The molecule has 1 N–H and O–H groups in total. The van der Waals surface area contributed by atoms with Gasteiger partial charge >= 0.3 is 6.18 Å². The van der Waals surface area contributed by atoms with E-state index in [-0.39, 0.29) is 18.2 Å². The Hall–Kier alpha value is -1.14. The highest BCUT2D eigenvalue weighted by Crippen LogP contribution is 2.32. The van der Waals surface area contributed by atoms with Crippen LogP contribution in [-0.2, 0) is 12.7 Å². The Morgan fingerprint density at radius 2 is 1.95 bits per heavy atom. The molecule has 0 spiro atoms. The summed E-state index contributed by atoms with van der Waals surface area (Å²) in [6, 6.07) is 3.42. The van der Waals surface area contributed by atoms with Crippen LogP contribution >= 0.6 is 0 Å². The lowest BCUT2D eigenvalue weighted by Gasteiger charge is -2.21. The summed E-state index contributed by atoms with van der Waals surface area (Å²) in [5.41, 5.74) is -1.18. The molecule has 1 atom stereocenters. The number of hydrogen-bond donors (Lipinski definition) is 1. The number of hydrogen-bond acceptors (Lipinski definition) is 2. The molecule has 0 aliphatic carbocycles. The number of nitrogens with zero attached hydrogens (tertiary/aromatic N) is 1. The molecule has 0 bridgehead atoms. The molecule has 0 aliphatic heterocycles. The van der Waals surface area contributed by atoms with E-state index in [0.717, 1.165) is 19.2 Å². The van der Waals surface area contributed by atoms with E-state index in [4.69, 9.17) is 0 Å². The topological polar surface area (TPSA) is 15.3 Å². The normalized spacial score (nSPS) is 13.8. The summed E-state index contributed by atoms with van der Waals surface area (Å²) < 4.78 is 51.5. The fourth-order valence-corrected chi connectivity index (χ4v) is 1.88. The highest BCUT2D eigenvalue weighted by atomic mass is 19.4. The van der Waals surface area contributed by atoms with Gasteiger partial charge in [-0.25, -0.2) is 4.39 Å². The van der Waals surface area contributed by atoms with Crippen LogP contribution in [0.15, 0.2) is 18.2 Å². The third kappa shape index (κ3) is 4.76. The van der Waals surface area contributed by atoms with E-state index in [1.807, 2.05) is 20.9 Å². The van der Waals surface area contributed by atoms with Crippen molar-refractivity contribution in [3.63, 3.8) is 0 Å². The van der Waals surface area contributed by atoms with Gasteiger partial charge in [0, 0.05) is 24.7 Å². The number of rotatable bonds is 6. The van der Waals surface area contributed by atoms with E-state index < -0.39 is 17.6 Å². The third-order valence-electron chi connectivity index (χ3n) is 3.15. The van der Waals surface area contributed by atoms with E-state index in [2.05, 4.69) is 10.2 Å². The summed E-state index contributed by atoms with van der Waals surface area (Å²) in [5.74, 6) is -1.19. The van der Waals surface area contributed by atoms with Crippen molar-refractivity contribution >= 4 is 0 Å². The fraction of sp³-hybridized carbons (Fsp3) is 0.571. The monoisotopic (exact) mass is 292 g/mol. The van der Waals surface area contributed by atoms with Crippen molar-refractivity contribution in [2.45, 2.75) is 32.6 Å². The van der Waals surface area contributed by atoms with Gasteiger partial charge in [0.15, 0.2) is 0 Å². The first-order valence-electron chi connectivity index (χ1n) is 6.52. The Labute approximate surface area is 116 Å². The Kier molecular flexibility index (Phi) is 5.95. The molecule has 0 saturated carbocycles. The summed E-state index contributed by atoms with van der Waals surface area (Å²) in [7, 11) is 1.95. The van der Waals surface area contributed by atoms with E-state index in [9.17, 15) is 17.6 Å². The molecule has 0 heterocycles. The zero-order valence-corrected chi connectivity index (χ0v) is 11.9. The molecule has 0 aromatic heterocycles. The first-order valence-corrected chi connectivity index (χ1v) is 6.52. The number of likely N-dealkylation sites (N-methyl/N-ethyl adjacent to an activating group) is 1. The minimum atomic E-state index is -4.66. The van der Waals surface area contributed by atoms with Crippen LogP contribution < -0.4 is 5.32 Å². The van der Waals surface area contributed by atoms with Crippen molar-refractivity contribution in [1.82, 2.24) is 10.2 Å². The molecule has 1 rings (SSSR count). The lowest BCUT2D eigenvalue weighted by molar-refractivity contribution is -0.140. The van der Waals surface area contributed by atoms with Crippen molar-refractivity contribution in [3.05, 3.63) is 35.1 Å². The van der Waals surface area contributed by atoms with Crippen molar-refractivity contribution in [2.75, 3.05) is 20.1 Å². The molecule has 2 nitrogen and oxygen atoms in total. The van der Waals surface area contributed by atoms with Gasteiger partial charge in [-0.2, -0.15) is 13.2 Å². The standard InChI is InChI=1S/C14H20F4N2/c1-4-20(3)9-10(2)19-8-11-6-5-7-12(13(11)15)14(16,17)18/h5-7,10,19H,4,8-9H2,1-3H3. The number of benzene rings is 1. The number of halogens is 4. The van der Waals surface area contributed by atoms with Crippen LogP contribution in [0.5, 0.6) is 0 Å². The average Bonchev–Trinajstić information content (AvgIpc) is 2.36. The number of alkyl halides is 3. The molecule has 0 fully saturated rings. The van der Waals surface area contributed by atoms with Gasteiger partial charge in [-0.15, -0.1) is 0 Å². The van der Waals surface area contributed by atoms with Gasteiger partial charge in [-0.05, 0) is 26.6 Å². The van der Waals surface area contributed by atoms with Gasteiger partial charge in [0.1, 0.15) is 5.82 Å². The van der Waals surface area contributed by atoms with Gasteiger partial charge in [-0.3, -0.25) is 0 Å². The van der Waals surface area contributed by atoms with Crippen LogP contribution in [0.2, 0.25) is 0 Å². The molecule has 1 aromatic carbocycles. The fourth-order valence-electron chi connectivity index (χ4n) is 1.88. The van der Waals surface area contributed by atoms with E-state index >= 15 is 0 Å². The maximum absolute atomic E-state index is 13.8. The lowest BCUT2D eigenvalue weighted by Crippen LogP contribution is -2.37. The van der Waals surface area contributed by atoms with Crippen LogP contribution in [0.25, 0.3) is 0 Å². The molecule has 114 valence electrons. The molecular formula is C14H20F4N2. The molecule has 1 unspecified atom stereocenters. The highest BCUT2D eigenvalue weighted by Gasteiger charge is 2.34.